The maximum atomic E-state index is 11.5. The van der Waals surface area contributed by atoms with Gasteiger partial charge in [0.1, 0.15) is 0 Å². The molecule has 0 aliphatic carbocycles. The molecule has 0 atom stereocenters. The van der Waals surface area contributed by atoms with Crippen LogP contribution in [0.5, 0.6) is 0 Å². The van der Waals surface area contributed by atoms with Crippen LogP contribution in [0.3, 0.4) is 0 Å². The van der Waals surface area contributed by atoms with Gasteiger partial charge in [-0.25, -0.2) is 0 Å². The third-order valence-electron chi connectivity index (χ3n) is 3.86. The van der Waals surface area contributed by atoms with E-state index >= 15 is 0 Å². The van der Waals surface area contributed by atoms with E-state index in [1.807, 2.05) is 6.07 Å². The Morgan fingerprint density at radius 2 is 2.00 bits per heavy atom. The largest absolute Gasteiger partial charge is 1.00 e. The summed E-state index contributed by atoms with van der Waals surface area (Å²) in [4.78, 5) is 13.9. The van der Waals surface area contributed by atoms with E-state index in [0.29, 0.717) is 11.1 Å². The zero-order valence-corrected chi connectivity index (χ0v) is 13.6. The molecule has 0 radical (unpaired) electrons. The second kappa shape index (κ2) is 8.25. The molecule has 1 aromatic rings. The zero-order chi connectivity index (χ0) is 13.2. The molecular weight excluding hydrogens is 265 g/mol. The summed E-state index contributed by atoms with van der Waals surface area (Å²) in [5, 5.41) is 0.657. The van der Waals surface area contributed by atoms with Crippen LogP contribution in [-0.2, 0) is 10.2 Å². The predicted octanol–water partition coefficient (Wildman–Crippen LogP) is 0.446. The molecule has 106 valence electrons. The van der Waals surface area contributed by atoms with Gasteiger partial charge in [-0.2, -0.15) is 29.8 Å². The molecule has 1 fully saturated rings. The van der Waals surface area contributed by atoms with E-state index in [-0.39, 0.29) is 26.3 Å². The molecule has 1 aliphatic rings. The van der Waals surface area contributed by atoms with Gasteiger partial charge in [0, 0.05) is 6.04 Å². The SMILES string of the molecule is CC(C)N1CCC([C-]=O)(c2[c-]ccc(Cl)c2)CC1.[CH3-].[Li+]. The molecule has 2 nitrogen and oxygen atoms in total. The fourth-order valence-corrected chi connectivity index (χ4v) is 2.74. The van der Waals surface area contributed by atoms with E-state index in [1.54, 1.807) is 12.1 Å². The number of piperidine rings is 1. The van der Waals surface area contributed by atoms with Crippen molar-refractivity contribution in [2.45, 2.75) is 38.1 Å². The first-order valence-electron chi connectivity index (χ1n) is 6.38. The van der Waals surface area contributed by atoms with E-state index < -0.39 is 5.41 Å². The number of carbonyl (C=O) groups excluding carboxylic acids is 1. The maximum absolute atomic E-state index is 11.5. The van der Waals surface area contributed by atoms with Crippen molar-refractivity contribution in [3.8, 4) is 0 Å². The number of likely N-dealkylation sites (tertiary alicyclic amines) is 1. The van der Waals surface area contributed by atoms with Gasteiger partial charge in [-0.1, -0.05) is 17.9 Å². The van der Waals surface area contributed by atoms with Gasteiger partial charge in [0.25, 0.3) is 0 Å². The second-order valence-electron chi connectivity index (χ2n) is 5.23. The summed E-state index contributed by atoms with van der Waals surface area (Å²) in [7, 11) is 0. The van der Waals surface area contributed by atoms with Gasteiger partial charge in [-0.05, 0) is 26.9 Å². The molecule has 0 amide bonds. The van der Waals surface area contributed by atoms with Crippen LogP contribution < -0.4 is 18.9 Å². The Morgan fingerprint density at radius 1 is 1.40 bits per heavy atom. The molecule has 0 N–H and O–H groups in total. The van der Waals surface area contributed by atoms with Gasteiger partial charge < -0.3 is 17.1 Å². The number of hydrogen-bond acceptors (Lipinski definition) is 2. The molecule has 0 spiro atoms. The predicted molar refractivity (Wildman–Crippen MR) is 80.0 cm³/mol. The molecule has 1 saturated heterocycles. The third-order valence-corrected chi connectivity index (χ3v) is 4.09. The molecule has 2 rings (SSSR count). The van der Waals surface area contributed by atoms with Gasteiger partial charge in [0.2, 0.25) is 0 Å². The third kappa shape index (κ3) is 4.12. The molecule has 1 heterocycles. The number of hydrogen-bond donors (Lipinski definition) is 0. The van der Waals surface area contributed by atoms with Gasteiger partial charge in [0.05, 0.1) is 0 Å². The van der Waals surface area contributed by atoms with Crippen molar-refractivity contribution in [1.29, 1.82) is 0 Å². The van der Waals surface area contributed by atoms with E-state index in [0.717, 1.165) is 31.5 Å². The minimum atomic E-state index is -0.518. The summed E-state index contributed by atoms with van der Waals surface area (Å²) in [6, 6.07) is 9.09. The average Bonchev–Trinajstić information content (AvgIpc) is 2.38. The van der Waals surface area contributed by atoms with Gasteiger partial charge in [-0.15, -0.1) is 17.0 Å². The minimum Gasteiger partial charge on any atom is -0.541 e. The first kappa shape index (κ1) is 19.7. The van der Waals surface area contributed by atoms with Crippen LogP contribution in [0.2, 0.25) is 5.02 Å². The summed E-state index contributed by atoms with van der Waals surface area (Å²) >= 11 is 6.00. The fourth-order valence-electron chi connectivity index (χ4n) is 2.56. The number of rotatable bonds is 3. The quantitative estimate of drug-likeness (QED) is 0.594. The summed E-state index contributed by atoms with van der Waals surface area (Å²) in [5.41, 5.74) is 0.365. The topological polar surface area (TPSA) is 20.3 Å². The zero-order valence-electron chi connectivity index (χ0n) is 12.9. The van der Waals surface area contributed by atoms with Crippen molar-refractivity contribution >= 4 is 17.9 Å². The smallest absolute Gasteiger partial charge is 0.541 e. The molecule has 0 unspecified atom stereocenters. The van der Waals surface area contributed by atoms with Crippen molar-refractivity contribution in [1.82, 2.24) is 4.90 Å². The number of nitrogens with zero attached hydrogens (tertiary/aromatic N) is 1. The van der Waals surface area contributed by atoms with Crippen LogP contribution in [0.25, 0.3) is 0 Å². The van der Waals surface area contributed by atoms with Crippen molar-refractivity contribution in [2.24, 2.45) is 0 Å². The standard InChI is InChI=1S/C15H18ClNO.CH3.Li/c1-12(2)17-8-6-15(11-18,7-9-17)13-4-3-5-14(16)10-13;;/h3,5,10,12H,6-9H2,1-2H3;1H3;/q-2;-1;+1. The number of benzene rings is 1. The first-order chi connectivity index (χ1) is 8.57. The Hall–Kier alpha value is -0.263. The second-order valence-corrected chi connectivity index (χ2v) is 5.67. The number of halogens is 1. The Kier molecular flexibility index (Phi) is 8.14. The molecular formula is C16H21ClLiNO-2. The fraction of sp³-hybridized carbons (Fsp3) is 0.500. The van der Waals surface area contributed by atoms with Crippen LogP contribution in [0.4, 0.5) is 0 Å². The van der Waals surface area contributed by atoms with Gasteiger partial charge >= 0.3 is 18.9 Å². The van der Waals surface area contributed by atoms with Crippen molar-refractivity contribution < 1.29 is 23.7 Å². The average molecular weight is 286 g/mol. The van der Waals surface area contributed by atoms with Crippen LogP contribution in [-0.4, -0.2) is 30.3 Å². The van der Waals surface area contributed by atoms with Gasteiger partial charge in [-0.3, -0.25) is 6.29 Å². The minimum absolute atomic E-state index is 0. The Morgan fingerprint density at radius 3 is 2.45 bits per heavy atom. The van der Waals surface area contributed by atoms with Crippen LogP contribution in [0, 0.1) is 13.5 Å². The Labute approximate surface area is 140 Å². The van der Waals surface area contributed by atoms with Crippen molar-refractivity contribution in [3.05, 3.63) is 42.3 Å². The molecule has 1 aliphatic heterocycles. The summed E-state index contributed by atoms with van der Waals surface area (Å²) in [6.45, 7) is 6.22. The molecule has 4 heteroatoms. The van der Waals surface area contributed by atoms with E-state index in [1.165, 1.54) is 0 Å². The van der Waals surface area contributed by atoms with E-state index in [2.05, 4.69) is 31.1 Å². The van der Waals surface area contributed by atoms with Crippen molar-refractivity contribution in [2.75, 3.05) is 13.1 Å². The normalized spacial score (nSPS) is 18.0. The van der Waals surface area contributed by atoms with E-state index in [4.69, 9.17) is 11.6 Å². The first-order valence-corrected chi connectivity index (χ1v) is 6.76. The van der Waals surface area contributed by atoms with Gasteiger partial charge in [0.15, 0.2) is 0 Å². The van der Waals surface area contributed by atoms with Crippen molar-refractivity contribution in [3.63, 3.8) is 0 Å². The summed E-state index contributed by atoms with van der Waals surface area (Å²) in [6.07, 6.45) is 3.85. The molecule has 0 saturated carbocycles. The summed E-state index contributed by atoms with van der Waals surface area (Å²) < 4.78 is 0. The van der Waals surface area contributed by atoms with Crippen LogP contribution >= 0.6 is 11.6 Å². The monoisotopic (exact) mass is 285 g/mol. The molecule has 0 bridgehead atoms. The Balaban J connectivity index is 0.00000180. The summed E-state index contributed by atoms with van der Waals surface area (Å²) in [5.74, 6) is 0. The maximum Gasteiger partial charge on any atom is 1.00 e. The van der Waals surface area contributed by atoms with Crippen LogP contribution in [0.15, 0.2) is 18.2 Å². The molecule has 1 aromatic carbocycles. The van der Waals surface area contributed by atoms with Crippen LogP contribution in [0.1, 0.15) is 32.3 Å². The molecule has 20 heavy (non-hydrogen) atoms. The van der Waals surface area contributed by atoms with E-state index in [9.17, 15) is 4.79 Å². The molecule has 0 aromatic heterocycles. The Bertz CT molecular complexity index is 428.